The topological polar surface area (TPSA) is 92.3 Å². The van der Waals surface area contributed by atoms with E-state index in [1.807, 2.05) is 6.92 Å². The maximum absolute atomic E-state index is 12.2. The number of hydrogen-bond acceptors (Lipinski definition) is 5. The highest BCUT2D eigenvalue weighted by Crippen LogP contribution is 2.21. The standard InChI is InChI=1S/C12H18N4O3S/c1-4-11-13-5-9-6-16(7-10(9)14-11)12(17)8(2)15-20(3,18)19/h5,8,15H,4,6-7H2,1-3H3/t8-/m0/s1. The van der Waals surface area contributed by atoms with Crippen molar-refractivity contribution in [2.75, 3.05) is 6.26 Å². The summed E-state index contributed by atoms with van der Waals surface area (Å²) < 4.78 is 24.6. The molecule has 1 atom stereocenters. The molecule has 1 aromatic rings. The van der Waals surface area contributed by atoms with E-state index in [2.05, 4.69) is 14.7 Å². The molecule has 20 heavy (non-hydrogen) atoms. The Morgan fingerprint density at radius 2 is 2.20 bits per heavy atom. The fraction of sp³-hybridized carbons (Fsp3) is 0.583. The van der Waals surface area contributed by atoms with Crippen LogP contribution in [-0.4, -0.2) is 41.5 Å². The van der Waals surface area contributed by atoms with Crippen molar-refractivity contribution in [2.45, 2.75) is 39.4 Å². The Balaban J connectivity index is 2.08. The summed E-state index contributed by atoms with van der Waals surface area (Å²) in [6, 6.07) is -0.780. The molecular weight excluding hydrogens is 280 g/mol. The Morgan fingerprint density at radius 3 is 2.80 bits per heavy atom. The van der Waals surface area contributed by atoms with Crippen molar-refractivity contribution in [2.24, 2.45) is 0 Å². The fourth-order valence-corrected chi connectivity index (χ4v) is 2.91. The summed E-state index contributed by atoms with van der Waals surface area (Å²) in [6.45, 7) is 4.33. The second kappa shape index (κ2) is 5.45. The summed E-state index contributed by atoms with van der Waals surface area (Å²) in [4.78, 5) is 22.4. The highest BCUT2D eigenvalue weighted by molar-refractivity contribution is 7.88. The summed E-state index contributed by atoms with van der Waals surface area (Å²) in [5, 5.41) is 0. The van der Waals surface area contributed by atoms with Crippen molar-refractivity contribution < 1.29 is 13.2 Å². The van der Waals surface area contributed by atoms with Gasteiger partial charge >= 0.3 is 0 Å². The third-order valence-corrected chi connectivity index (χ3v) is 3.88. The summed E-state index contributed by atoms with van der Waals surface area (Å²) in [5.41, 5.74) is 1.76. The molecule has 1 N–H and O–H groups in total. The number of aryl methyl sites for hydroxylation is 1. The van der Waals surface area contributed by atoms with Gasteiger partial charge < -0.3 is 4.90 Å². The van der Waals surface area contributed by atoms with Gasteiger partial charge in [-0.1, -0.05) is 6.92 Å². The number of rotatable bonds is 4. The van der Waals surface area contributed by atoms with Gasteiger partial charge in [0.15, 0.2) is 0 Å². The van der Waals surface area contributed by atoms with Gasteiger partial charge in [-0.3, -0.25) is 4.79 Å². The zero-order valence-corrected chi connectivity index (χ0v) is 12.6. The normalized spacial score (nSPS) is 16.1. The number of sulfonamides is 1. The lowest BCUT2D eigenvalue weighted by molar-refractivity contribution is -0.133. The number of hydrogen-bond donors (Lipinski definition) is 1. The monoisotopic (exact) mass is 298 g/mol. The maximum atomic E-state index is 12.2. The molecule has 0 saturated heterocycles. The van der Waals surface area contributed by atoms with Crippen LogP contribution in [0.2, 0.25) is 0 Å². The van der Waals surface area contributed by atoms with Crippen LogP contribution in [0.5, 0.6) is 0 Å². The first kappa shape index (κ1) is 14.9. The fourth-order valence-electron chi connectivity index (χ4n) is 2.17. The van der Waals surface area contributed by atoms with Gasteiger partial charge in [-0.25, -0.2) is 23.1 Å². The number of amides is 1. The van der Waals surface area contributed by atoms with Crippen molar-refractivity contribution in [1.29, 1.82) is 0 Å². The Hall–Kier alpha value is -1.54. The number of carbonyl (C=O) groups excluding carboxylic acids is 1. The molecule has 1 amide bonds. The van der Waals surface area contributed by atoms with Crippen molar-refractivity contribution in [3.63, 3.8) is 0 Å². The number of nitrogens with zero attached hydrogens (tertiary/aromatic N) is 3. The van der Waals surface area contributed by atoms with Gasteiger partial charge in [0.2, 0.25) is 15.9 Å². The molecule has 0 aliphatic carbocycles. The zero-order valence-electron chi connectivity index (χ0n) is 11.8. The molecule has 0 spiro atoms. The van der Waals surface area contributed by atoms with Crippen LogP contribution >= 0.6 is 0 Å². The molecule has 1 aliphatic heterocycles. The SMILES string of the molecule is CCc1ncc2c(n1)CN(C(=O)[C@H](C)NS(C)(=O)=O)C2. The molecule has 0 fully saturated rings. The number of fused-ring (bicyclic) bond motifs is 1. The van der Waals surface area contributed by atoms with E-state index in [0.29, 0.717) is 13.1 Å². The van der Waals surface area contributed by atoms with Gasteiger partial charge in [-0.2, -0.15) is 0 Å². The summed E-state index contributed by atoms with van der Waals surface area (Å²) in [6.07, 6.45) is 3.52. The first-order chi connectivity index (χ1) is 9.30. The Bertz CT molecular complexity index is 630. The predicted octanol–water partition coefficient (Wildman–Crippen LogP) is -0.181. The van der Waals surface area contributed by atoms with E-state index in [9.17, 15) is 13.2 Å². The zero-order chi connectivity index (χ0) is 14.9. The number of aromatic nitrogens is 2. The van der Waals surface area contributed by atoms with Gasteiger partial charge in [-0.05, 0) is 6.92 Å². The molecule has 2 rings (SSSR count). The molecule has 0 unspecified atom stereocenters. The van der Waals surface area contributed by atoms with Crippen LogP contribution in [0.4, 0.5) is 0 Å². The van der Waals surface area contributed by atoms with Crippen LogP contribution in [0.3, 0.4) is 0 Å². The van der Waals surface area contributed by atoms with Crippen molar-refractivity contribution in [3.05, 3.63) is 23.3 Å². The third-order valence-electron chi connectivity index (χ3n) is 3.10. The van der Waals surface area contributed by atoms with Crippen LogP contribution in [0.15, 0.2) is 6.20 Å². The maximum Gasteiger partial charge on any atom is 0.241 e. The molecule has 0 aromatic carbocycles. The Morgan fingerprint density at radius 1 is 1.50 bits per heavy atom. The summed E-state index contributed by atoms with van der Waals surface area (Å²) >= 11 is 0. The Kier molecular flexibility index (Phi) is 4.05. The van der Waals surface area contributed by atoms with Crippen LogP contribution in [0.25, 0.3) is 0 Å². The van der Waals surface area contributed by atoms with Crippen LogP contribution in [0.1, 0.15) is 30.9 Å². The second-order valence-corrected chi connectivity index (χ2v) is 6.70. The number of carbonyl (C=O) groups is 1. The van der Waals surface area contributed by atoms with Crippen LogP contribution in [0, 0.1) is 0 Å². The van der Waals surface area contributed by atoms with Crippen LogP contribution in [-0.2, 0) is 34.3 Å². The van der Waals surface area contributed by atoms with Gasteiger partial charge in [0, 0.05) is 24.7 Å². The lowest BCUT2D eigenvalue weighted by Crippen LogP contribution is -2.44. The van der Waals surface area contributed by atoms with Gasteiger partial charge in [-0.15, -0.1) is 0 Å². The lowest BCUT2D eigenvalue weighted by atomic mass is 10.3. The van der Waals surface area contributed by atoms with Gasteiger partial charge in [0.05, 0.1) is 24.5 Å². The van der Waals surface area contributed by atoms with E-state index in [-0.39, 0.29) is 5.91 Å². The molecule has 0 saturated carbocycles. The van der Waals surface area contributed by atoms with E-state index < -0.39 is 16.1 Å². The molecular formula is C12H18N4O3S. The Labute approximate surface area is 118 Å². The van der Waals surface area contributed by atoms with E-state index in [4.69, 9.17) is 0 Å². The van der Waals surface area contributed by atoms with Crippen molar-refractivity contribution >= 4 is 15.9 Å². The first-order valence-corrected chi connectivity index (χ1v) is 8.29. The molecule has 2 heterocycles. The van der Waals surface area contributed by atoms with E-state index in [1.165, 1.54) is 6.92 Å². The van der Waals surface area contributed by atoms with E-state index >= 15 is 0 Å². The average molecular weight is 298 g/mol. The molecule has 1 aromatic heterocycles. The van der Waals surface area contributed by atoms with Gasteiger partial charge in [0.1, 0.15) is 5.82 Å². The molecule has 0 radical (unpaired) electrons. The largest absolute Gasteiger partial charge is 0.331 e. The molecule has 7 nitrogen and oxygen atoms in total. The lowest BCUT2D eigenvalue weighted by Gasteiger charge is -2.20. The summed E-state index contributed by atoms with van der Waals surface area (Å²) in [5.74, 6) is 0.492. The highest BCUT2D eigenvalue weighted by atomic mass is 32.2. The first-order valence-electron chi connectivity index (χ1n) is 6.40. The highest BCUT2D eigenvalue weighted by Gasteiger charge is 2.29. The molecule has 110 valence electrons. The number of nitrogens with one attached hydrogen (secondary N) is 1. The van der Waals surface area contributed by atoms with E-state index in [0.717, 1.165) is 29.8 Å². The summed E-state index contributed by atoms with van der Waals surface area (Å²) in [7, 11) is -3.40. The van der Waals surface area contributed by atoms with E-state index in [1.54, 1.807) is 11.1 Å². The van der Waals surface area contributed by atoms with Crippen molar-refractivity contribution in [1.82, 2.24) is 19.6 Å². The second-order valence-electron chi connectivity index (χ2n) is 4.92. The molecule has 0 bridgehead atoms. The smallest absolute Gasteiger partial charge is 0.241 e. The molecule has 1 aliphatic rings. The molecule has 8 heteroatoms. The predicted molar refractivity (Wildman–Crippen MR) is 73.1 cm³/mol. The average Bonchev–Trinajstić information content (AvgIpc) is 2.78. The minimum atomic E-state index is -3.40. The third kappa shape index (κ3) is 3.31. The minimum Gasteiger partial charge on any atom is -0.331 e. The van der Waals surface area contributed by atoms with Crippen molar-refractivity contribution in [3.8, 4) is 0 Å². The van der Waals surface area contributed by atoms with Gasteiger partial charge in [0.25, 0.3) is 0 Å². The van der Waals surface area contributed by atoms with Crippen LogP contribution < -0.4 is 4.72 Å². The minimum absolute atomic E-state index is 0.258. The quantitative estimate of drug-likeness (QED) is 0.832.